The van der Waals surface area contributed by atoms with Crippen LogP contribution in [0.3, 0.4) is 0 Å². The third kappa shape index (κ3) is 4.32. The summed E-state index contributed by atoms with van der Waals surface area (Å²) >= 11 is 5.48. The van der Waals surface area contributed by atoms with Gasteiger partial charge in [-0.15, -0.1) is 0 Å². The van der Waals surface area contributed by atoms with Crippen LogP contribution in [0.4, 0.5) is 15.8 Å². The Morgan fingerprint density at radius 3 is 2.80 bits per heavy atom. The minimum atomic E-state index is -1.07. The molecule has 1 aromatic rings. The number of nitrogens with one attached hydrogen (secondary N) is 1. The molecule has 0 aliphatic rings. The van der Waals surface area contributed by atoms with E-state index in [4.69, 9.17) is 21.4 Å². The van der Waals surface area contributed by atoms with Gasteiger partial charge in [-0.1, -0.05) is 11.6 Å². The molecular weight excluding hydrogens is 295 g/mol. The van der Waals surface area contributed by atoms with Gasteiger partial charge in [-0.25, -0.2) is 4.39 Å². The minimum absolute atomic E-state index is 0.0231. The van der Waals surface area contributed by atoms with Gasteiger partial charge in [0.05, 0.1) is 22.5 Å². The van der Waals surface area contributed by atoms with Crippen molar-refractivity contribution in [3.63, 3.8) is 0 Å². The van der Waals surface area contributed by atoms with Crippen LogP contribution in [0, 0.1) is 15.9 Å². The molecule has 0 bridgehead atoms. The average molecular weight is 307 g/mol. The molecule has 0 amide bonds. The second kappa shape index (κ2) is 7.01. The first kappa shape index (κ1) is 16.1. The van der Waals surface area contributed by atoms with E-state index in [2.05, 4.69) is 5.32 Å². The fourth-order valence-electron chi connectivity index (χ4n) is 1.49. The second-order valence-corrected chi connectivity index (χ2v) is 4.28. The first-order valence-electron chi connectivity index (χ1n) is 5.47. The van der Waals surface area contributed by atoms with Crippen molar-refractivity contribution in [1.29, 1.82) is 0 Å². The van der Waals surface area contributed by atoms with Crippen molar-refractivity contribution in [2.24, 2.45) is 0 Å². The normalized spacial score (nSPS) is 11.9. The molecule has 0 aromatic heterocycles. The van der Waals surface area contributed by atoms with Gasteiger partial charge in [0.2, 0.25) is 0 Å². The number of benzene rings is 1. The van der Waals surface area contributed by atoms with Crippen LogP contribution in [-0.4, -0.2) is 35.8 Å². The lowest BCUT2D eigenvalue weighted by Crippen LogP contribution is -2.25. The number of halogens is 2. The Morgan fingerprint density at radius 2 is 2.30 bits per heavy atom. The Morgan fingerprint density at radius 1 is 1.65 bits per heavy atom. The molecule has 0 saturated carbocycles. The molecule has 1 rings (SSSR count). The summed E-state index contributed by atoms with van der Waals surface area (Å²) in [5.74, 6) is -1.89. The molecule has 1 unspecified atom stereocenters. The van der Waals surface area contributed by atoms with Gasteiger partial charge in [-0.05, 0) is 0 Å². The van der Waals surface area contributed by atoms with Gasteiger partial charge in [-0.2, -0.15) is 0 Å². The Hall–Kier alpha value is -1.93. The summed E-state index contributed by atoms with van der Waals surface area (Å²) in [5.41, 5.74) is -0.495. The van der Waals surface area contributed by atoms with Crippen LogP contribution in [0.15, 0.2) is 12.1 Å². The molecule has 0 saturated heterocycles. The van der Waals surface area contributed by atoms with E-state index in [1.54, 1.807) is 0 Å². The number of carboxylic acid groups (broad SMARTS) is 1. The molecule has 0 aliphatic carbocycles. The molecule has 0 spiro atoms. The van der Waals surface area contributed by atoms with E-state index in [0.29, 0.717) is 0 Å². The van der Waals surface area contributed by atoms with Crippen molar-refractivity contribution < 1.29 is 24.0 Å². The van der Waals surface area contributed by atoms with Crippen molar-refractivity contribution in [1.82, 2.24) is 0 Å². The van der Waals surface area contributed by atoms with Crippen LogP contribution in [0.1, 0.15) is 6.42 Å². The van der Waals surface area contributed by atoms with E-state index in [-0.39, 0.29) is 23.7 Å². The molecule has 2 N–H and O–H groups in total. The highest BCUT2D eigenvalue weighted by Crippen LogP contribution is 2.30. The van der Waals surface area contributed by atoms with E-state index < -0.39 is 28.5 Å². The van der Waals surface area contributed by atoms with Crippen molar-refractivity contribution >= 4 is 28.9 Å². The van der Waals surface area contributed by atoms with Crippen LogP contribution in [0.2, 0.25) is 5.02 Å². The summed E-state index contributed by atoms with van der Waals surface area (Å²) in [6, 6.07) is 1.77. The number of rotatable bonds is 7. The van der Waals surface area contributed by atoms with Gasteiger partial charge in [0.25, 0.3) is 5.69 Å². The van der Waals surface area contributed by atoms with Crippen molar-refractivity contribution in [3.8, 4) is 0 Å². The summed E-state index contributed by atoms with van der Waals surface area (Å²) in [7, 11) is 1.31. The number of hydrogen-bond donors (Lipinski definition) is 2. The van der Waals surface area contributed by atoms with Gasteiger partial charge >= 0.3 is 5.97 Å². The molecule has 0 heterocycles. The lowest BCUT2D eigenvalue weighted by Gasteiger charge is -2.15. The molecule has 0 aliphatic heterocycles. The third-order valence-corrected chi connectivity index (χ3v) is 2.78. The molecule has 110 valence electrons. The quantitative estimate of drug-likeness (QED) is 0.592. The lowest BCUT2D eigenvalue weighted by molar-refractivity contribution is -0.384. The third-order valence-electron chi connectivity index (χ3n) is 2.49. The maximum atomic E-state index is 13.3. The maximum Gasteiger partial charge on any atom is 0.306 e. The van der Waals surface area contributed by atoms with Crippen LogP contribution in [0.5, 0.6) is 0 Å². The maximum absolute atomic E-state index is 13.3. The Kier molecular flexibility index (Phi) is 5.66. The van der Waals surface area contributed by atoms with Gasteiger partial charge in [0.15, 0.2) is 0 Å². The molecule has 1 atom stereocenters. The van der Waals surface area contributed by atoms with Crippen LogP contribution in [0.25, 0.3) is 0 Å². The number of nitrogens with zero attached hydrogens (tertiary/aromatic N) is 1. The molecule has 20 heavy (non-hydrogen) atoms. The monoisotopic (exact) mass is 306 g/mol. The first-order chi connectivity index (χ1) is 9.35. The predicted molar refractivity (Wildman–Crippen MR) is 69.6 cm³/mol. The lowest BCUT2D eigenvalue weighted by atomic mass is 10.2. The molecule has 7 nitrogen and oxygen atoms in total. The Balaban J connectivity index is 2.88. The average Bonchev–Trinajstić information content (AvgIpc) is 2.37. The van der Waals surface area contributed by atoms with E-state index >= 15 is 0 Å². The summed E-state index contributed by atoms with van der Waals surface area (Å²) in [6.07, 6.45) is -0.987. The summed E-state index contributed by atoms with van der Waals surface area (Å²) in [6.45, 7) is -0.0231. The van der Waals surface area contributed by atoms with E-state index in [1.165, 1.54) is 7.11 Å². The summed E-state index contributed by atoms with van der Waals surface area (Å²) in [4.78, 5) is 20.7. The van der Waals surface area contributed by atoms with Crippen LogP contribution >= 0.6 is 11.6 Å². The highest BCUT2D eigenvalue weighted by molar-refractivity contribution is 6.31. The smallest absolute Gasteiger partial charge is 0.306 e. The van der Waals surface area contributed by atoms with Gasteiger partial charge in [0, 0.05) is 25.8 Å². The van der Waals surface area contributed by atoms with E-state index in [1.807, 2.05) is 0 Å². The number of aliphatic carboxylic acids is 1. The number of carboxylic acids is 1. The first-order valence-corrected chi connectivity index (χ1v) is 5.84. The van der Waals surface area contributed by atoms with E-state index in [0.717, 1.165) is 12.1 Å². The fourth-order valence-corrected chi connectivity index (χ4v) is 1.64. The van der Waals surface area contributed by atoms with Crippen LogP contribution < -0.4 is 5.32 Å². The number of carbonyl (C=O) groups is 1. The molecule has 1 aromatic carbocycles. The molecule has 0 radical (unpaired) electrons. The van der Waals surface area contributed by atoms with Crippen LogP contribution in [-0.2, 0) is 9.53 Å². The molecular formula is C11H12ClFN2O5. The highest BCUT2D eigenvalue weighted by Gasteiger charge is 2.19. The number of ether oxygens (including phenoxy) is 1. The number of hydrogen-bond acceptors (Lipinski definition) is 5. The zero-order valence-electron chi connectivity index (χ0n) is 10.4. The highest BCUT2D eigenvalue weighted by atomic mass is 35.5. The minimum Gasteiger partial charge on any atom is -0.481 e. The molecule has 0 fully saturated rings. The zero-order chi connectivity index (χ0) is 15.3. The van der Waals surface area contributed by atoms with Crippen molar-refractivity contribution in [2.75, 3.05) is 19.0 Å². The second-order valence-electron chi connectivity index (χ2n) is 3.88. The zero-order valence-corrected chi connectivity index (χ0v) is 11.2. The standard InChI is InChI=1S/C11H12ClFN2O5/c1-20-6(2-11(16)17)5-14-9-4-8(13)7(12)3-10(9)15(18)19/h3-4,6,14H,2,5H2,1H3,(H,16,17). The van der Waals surface area contributed by atoms with Gasteiger partial charge < -0.3 is 15.2 Å². The number of anilines is 1. The fraction of sp³-hybridized carbons (Fsp3) is 0.364. The van der Waals surface area contributed by atoms with Gasteiger partial charge in [-0.3, -0.25) is 14.9 Å². The summed E-state index contributed by atoms with van der Waals surface area (Å²) in [5, 5.41) is 21.7. The molecule has 9 heteroatoms. The van der Waals surface area contributed by atoms with Crippen molar-refractivity contribution in [3.05, 3.63) is 33.1 Å². The Bertz CT molecular complexity index is 526. The predicted octanol–water partition coefficient (Wildman–Crippen LogP) is 2.29. The van der Waals surface area contributed by atoms with Crippen molar-refractivity contribution in [2.45, 2.75) is 12.5 Å². The Labute approximate surface area is 118 Å². The number of methoxy groups -OCH3 is 1. The summed E-state index contributed by atoms with van der Waals surface area (Å²) < 4.78 is 18.2. The SMILES string of the molecule is COC(CNc1cc(F)c(Cl)cc1[N+](=O)[O-])CC(=O)O. The van der Waals surface area contributed by atoms with E-state index in [9.17, 15) is 19.3 Å². The van der Waals surface area contributed by atoms with Gasteiger partial charge in [0.1, 0.15) is 11.5 Å². The largest absolute Gasteiger partial charge is 0.481 e. The number of nitro benzene ring substituents is 1. The number of nitro groups is 1. The topological polar surface area (TPSA) is 102 Å².